The molecule has 0 fully saturated rings. The van der Waals surface area contributed by atoms with Crippen molar-refractivity contribution in [2.24, 2.45) is 0 Å². The van der Waals surface area contributed by atoms with Crippen LogP contribution >= 0.6 is 0 Å². The van der Waals surface area contributed by atoms with Crippen LogP contribution in [-0.2, 0) is 0 Å². The lowest BCUT2D eigenvalue weighted by molar-refractivity contribution is 0.328. The Morgan fingerprint density at radius 3 is 1.05 bits per heavy atom. The van der Waals surface area contributed by atoms with E-state index in [9.17, 15) is 43.9 Å². The fourth-order valence-corrected chi connectivity index (χ4v) is 3.90. The molecule has 204 valence electrons. The fourth-order valence-electron chi connectivity index (χ4n) is 3.90. The molecule has 0 atom stereocenters. The Hall–Kier alpha value is -4.22. The fraction of sp³-hybridized carbons (Fsp3) is 0.111. The van der Waals surface area contributed by atoms with E-state index < -0.39 is 75.6 Å². The van der Waals surface area contributed by atoms with Gasteiger partial charge in [-0.3, -0.25) is 0 Å². The van der Waals surface area contributed by atoms with Crippen molar-refractivity contribution in [2.75, 3.05) is 0 Å². The number of ether oxygens (including phenoxy) is 2. The highest BCUT2D eigenvalue weighted by Crippen LogP contribution is 2.43. The van der Waals surface area contributed by atoms with Gasteiger partial charge in [-0.2, -0.15) is 17.6 Å². The maximum absolute atomic E-state index is 14.3. The van der Waals surface area contributed by atoms with E-state index in [0.29, 0.717) is 0 Å². The quantitative estimate of drug-likeness (QED) is 0.128. The van der Waals surface area contributed by atoms with E-state index in [1.807, 2.05) is 0 Å². The number of hydrogen-bond donors (Lipinski definition) is 0. The first-order valence-electron chi connectivity index (χ1n) is 11.1. The summed E-state index contributed by atoms with van der Waals surface area (Å²) in [4.78, 5) is 0. The predicted octanol–water partition coefficient (Wildman–Crippen LogP) is 9.20. The van der Waals surface area contributed by atoms with Gasteiger partial charge in [0.25, 0.3) is 0 Å². The van der Waals surface area contributed by atoms with Crippen LogP contribution in [0.4, 0.5) is 43.9 Å². The van der Waals surface area contributed by atoms with E-state index >= 15 is 0 Å². The van der Waals surface area contributed by atoms with Crippen molar-refractivity contribution in [1.29, 1.82) is 0 Å². The van der Waals surface area contributed by atoms with Crippen LogP contribution in [0.5, 0.6) is 23.0 Å². The molecule has 0 radical (unpaired) electrons. The lowest BCUT2D eigenvalue weighted by Gasteiger charge is -2.23. The molecule has 4 aromatic rings. The van der Waals surface area contributed by atoms with Crippen LogP contribution < -0.4 is 9.47 Å². The van der Waals surface area contributed by atoms with Crippen molar-refractivity contribution in [1.82, 2.24) is 0 Å². The monoisotopic (exact) mass is 560 g/mol. The second kappa shape index (κ2) is 10.9. The van der Waals surface area contributed by atoms with Gasteiger partial charge in [-0.1, -0.05) is 43.3 Å². The number of hydrogen-bond acceptors (Lipinski definition) is 2. The van der Waals surface area contributed by atoms with Gasteiger partial charge in [-0.25, -0.2) is 26.3 Å². The molecule has 0 spiro atoms. The Bertz CT molecular complexity index is 1400. The minimum atomic E-state index is -2.38. The molecule has 0 heterocycles. The molecule has 2 nitrogen and oxygen atoms in total. The number of benzene rings is 4. The Balaban J connectivity index is 1.81. The van der Waals surface area contributed by atoms with E-state index in [-0.39, 0.29) is 29.0 Å². The summed E-state index contributed by atoms with van der Waals surface area (Å²) in [6.07, 6.45) is 0.134. The minimum absolute atomic E-state index is 0.109. The summed E-state index contributed by atoms with van der Waals surface area (Å²) in [6, 6.07) is 10.7. The molecule has 0 aliphatic heterocycles. The third-order valence-corrected chi connectivity index (χ3v) is 5.76. The molecule has 4 rings (SSSR count). The van der Waals surface area contributed by atoms with Crippen molar-refractivity contribution in [3.8, 4) is 23.0 Å². The van der Waals surface area contributed by atoms with E-state index in [2.05, 4.69) is 0 Å². The molecule has 0 saturated carbocycles. The minimum Gasteiger partial charge on any atom is -0.451 e. The first kappa shape index (κ1) is 27.8. The second-order valence-corrected chi connectivity index (χ2v) is 8.04. The molecule has 0 aromatic heterocycles. The lowest BCUT2D eigenvalue weighted by atomic mass is 9.88. The molecule has 0 amide bonds. The van der Waals surface area contributed by atoms with Crippen LogP contribution in [0.2, 0.25) is 0 Å². The van der Waals surface area contributed by atoms with Crippen molar-refractivity contribution < 1.29 is 53.4 Å². The Kier molecular flexibility index (Phi) is 7.75. The zero-order valence-corrected chi connectivity index (χ0v) is 19.5. The Morgan fingerprint density at radius 1 is 0.462 bits per heavy atom. The molecule has 0 unspecified atom stereocenters. The number of rotatable bonds is 7. The average Bonchev–Trinajstić information content (AvgIpc) is 2.95. The van der Waals surface area contributed by atoms with Crippen molar-refractivity contribution in [3.63, 3.8) is 0 Å². The molecular weight excluding hydrogens is 546 g/mol. The van der Waals surface area contributed by atoms with E-state index in [1.54, 1.807) is 6.92 Å². The van der Waals surface area contributed by atoms with Crippen LogP contribution in [0.1, 0.15) is 30.4 Å². The first-order chi connectivity index (χ1) is 18.5. The summed E-state index contributed by atoms with van der Waals surface area (Å²) < 4.78 is 149. The summed E-state index contributed by atoms with van der Waals surface area (Å²) in [7, 11) is 0. The zero-order chi connectivity index (χ0) is 28.6. The smallest absolute Gasteiger partial charge is 0.207 e. The molecule has 0 N–H and O–H groups in total. The number of halogens is 10. The zero-order valence-electron chi connectivity index (χ0n) is 19.5. The SMILES string of the molecule is CCC(c1ccccc1Oc1c(F)c(F)c(F)c(F)c1F)c1ccccc1Oc1c(F)c(F)c(F)c(F)c1F. The van der Waals surface area contributed by atoms with Gasteiger partial charge in [0.2, 0.25) is 69.7 Å². The van der Waals surface area contributed by atoms with Gasteiger partial charge < -0.3 is 9.47 Å². The summed E-state index contributed by atoms with van der Waals surface area (Å²) >= 11 is 0. The predicted molar refractivity (Wildman–Crippen MR) is 118 cm³/mol. The van der Waals surface area contributed by atoms with Crippen LogP contribution in [0.15, 0.2) is 48.5 Å². The van der Waals surface area contributed by atoms with Gasteiger partial charge in [0.05, 0.1) is 0 Å². The van der Waals surface area contributed by atoms with Gasteiger partial charge >= 0.3 is 0 Å². The van der Waals surface area contributed by atoms with Crippen molar-refractivity contribution in [2.45, 2.75) is 19.3 Å². The highest BCUT2D eigenvalue weighted by atomic mass is 19.2. The van der Waals surface area contributed by atoms with Gasteiger partial charge in [0.1, 0.15) is 11.5 Å². The van der Waals surface area contributed by atoms with E-state index in [1.165, 1.54) is 48.5 Å². The van der Waals surface area contributed by atoms with Gasteiger partial charge in [-0.15, -0.1) is 0 Å². The Labute approximate surface area is 214 Å². The summed E-state index contributed by atoms with van der Waals surface area (Å²) in [5.41, 5.74) is 0.217. The molecule has 0 aliphatic carbocycles. The maximum Gasteiger partial charge on any atom is 0.207 e. The lowest BCUT2D eigenvalue weighted by Crippen LogP contribution is -2.08. The molecule has 12 heteroatoms. The first-order valence-corrected chi connectivity index (χ1v) is 11.1. The third-order valence-electron chi connectivity index (χ3n) is 5.76. The molecular formula is C27H14F10O2. The topological polar surface area (TPSA) is 18.5 Å². The Morgan fingerprint density at radius 2 is 0.744 bits per heavy atom. The van der Waals surface area contributed by atoms with Crippen molar-refractivity contribution >= 4 is 0 Å². The van der Waals surface area contributed by atoms with E-state index in [4.69, 9.17) is 9.47 Å². The molecule has 0 aliphatic rings. The average molecular weight is 560 g/mol. The highest BCUT2D eigenvalue weighted by Gasteiger charge is 2.31. The summed E-state index contributed by atoms with van der Waals surface area (Å²) in [5, 5.41) is 0. The van der Waals surface area contributed by atoms with Gasteiger partial charge in [0.15, 0.2) is 0 Å². The third kappa shape index (κ3) is 4.86. The molecule has 4 aromatic carbocycles. The van der Waals surface area contributed by atoms with Crippen LogP contribution in [0.3, 0.4) is 0 Å². The number of para-hydroxylation sites is 2. The highest BCUT2D eigenvalue weighted by molar-refractivity contribution is 5.50. The second-order valence-electron chi connectivity index (χ2n) is 8.04. The normalized spacial score (nSPS) is 11.3. The van der Waals surface area contributed by atoms with E-state index in [0.717, 1.165) is 0 Å². The van der Waals surface area contributed by atoms with Crippen LogP contribution in [-0.4, -0.2) is 0 Å². The van der Waals surface area contributed by atoms with Crippen LogP contribution in [0.25, 0.3) is 0 Å². The maximum atomic E-state index is 14.3. The van der Waals surface area contributed by atoms with Gasteiger partial charge in [0, 0.05) is 17.0 Å². The van der Waals surface area contributed by atoms with Crippen LogP contribution in [0, 0.1) is 58.2 Å². The molecule has 0 saturated heterocycles. The molecule has 39 heavy (non-hydrogen) atoms. The largest absolute Gasteiger partial charge is 0.451 e. The summed E-state index contributed by atoms with van der Waals surface area (Å²) in [6.45, 7) is 1.61. The molecule has 0 bridgehead atoms. The van der Waals surface area contributed by atoms with Gasteiger partial charge in [-0.05, 0) is 18.6 Å². The summed E-state index contributed by atoms with van der Waals surface area (Å²) in [5.74, 6) is -27.3. The standard InChI is InChI=1S/C27H14F10O2/c1-2-11(12-7-3-5-9-14(12)38-26-22(34)18(30)16(28)19(31)23(26)35)13-8-4-6-10-15(13)39-27-24(36)20(32)17(29)21(33)25(27)37/h3-11H,2H2,1H3. The van der Waals surface area contributed by atoms with Crippen molar-refractivity contribution in [3.05, 3.63) is 118 Å².